The van der Waals surface area contributed by atoms with Crippen LogP contribution >= 0.6 is 0 Å². The van der Waals surface area contributed by atoms with Gasteiger partial charge in [-0.25, -0.2) is 4.39 Å². The van der Waals surface area contributed by atoms with Gasteiger partial charge in [-0.2, -0.15) is 0 Å². The molecule has 3 nitrogen and oxygen atoms in total. The summed E-state index contributed by atoms with van der Waals surface area (Å²) in [4.78, 5) is 11.0. The molecule has 128 valence electrons. The van der Waals surface area contributed by atoms with Crippen molar-refractivity contribution in [3.05, 3.63) is 29.6 Å². The molecule has 0 spiro atoms. The van der Waals surface area contributed by atoms with Crippen molar-refractivity contribution < 1.29 is 19.0 Å². The summed E-state index contributed by atoms with van der Waals surface area (Å²) >= 11 is 0. The number of aldehydes is 1. The topological polar surface area (TPSA) is 46.5 Å². The van der Waals surface area contributed by atoms with E-state index in [9.17, 15) is 14.3 Å². The Morgan fingerprint density at radius 3 is 2.83 bits per heavy atom. The molecule has 0 aromatic heterocycles. The van der Waals surface area contributed by atoms with Crippen LogP contribution in [0.15, 0.2) is 18.2 Å². The fourth-order valence-corrected chi connectivity index (χ4v) is 3.87. The third-order valence-electron chi connectivity index (χ3n) is 5.05. The number of carbonyl (C=O) groups is 1. The highest BCUT2D eigenvalue weighted by Gasteiger charge is 2.38. The van der Waals surface area contributed by atoms with E-state index in [1.165, 1.54) is 6.07 Å². The quantitative estimate of drug-likeness (QED) is 0.758. The number of aliphatic hydroxyl groups is 1. The third-order valence-corrected chi connectivity index (χ3v) is 5.05. The van der Waals surface area contributed by atoms with Gasteiger partial charge < -0.3 is 9.84 Å². The van der Waals surface area contributed by atoms with Crippen molar-refractivity contribution in [2.24, 2.45) is 11.8 Å². The summed E-state index contributed by atoms with van der Waals surface area (Å²) in [5.41, 5.74) is -0.723. The molecule has 2 rings (SSSR count). The molecule has 0 aliphatic heterocycles. The number of hydrogen-bond donors (Lipinski definition) is 1. The smallest absolute Gasteiger partial charge is 0.156 e. The lowest BCUT2D eigenvalue weighted by Gasteiger charge is -2.41. The summed E-state index contributed by atoms with van der Waals surface area (Å²) in [7, 11) is 0. The number of hydrogen-bond acceptors (Lipinski definition) is 3. The summed E-state index contributed by atoms with van der Waals surface area (Å²) in [5, 5.41) is 10.8. The summed E-state index contributed by atoms with van der Waals surface area (Å²) in [6.07, 6.45) is 6.44. The molecule has 1 N–H and O–H groups in total. The summed E-state index contributed by atoms with van der Waals surface area (Å²) < 4.78 is 19.4. The van der Waals surface area contributed by atoms with E-state index in [1.807, 2.05) is 6.92 Å². The molecule has 1 aliphatic carbocycles. The van der Waals surface area contributed by atoms with Crippen LogP contribution in [0.2, 0.25) is 0 Å². The molecule has 1 aromatic rings. The maximum atomic E-state index is 13.6. The number of benzene rings is 1. The lowest BCUT2D eigenvalue weighted by atomic mass is 9.69. The second-order valence-electron chi connectivity index (χ2n) is 6.84. The second-order valence-corrected chi connectivity index (χ2v) is 6.84. The SMILES string of the molecule is CCCC(C)(O)C1CCCCC1COc1cccc(F)c1C=O. The van der Waals surface area contributed by atoms with Gasteiger partial charge in [0.25, 0.3) is 0 Å². The van der Waals surface area contributed by atoms with E-state index in [-0.39, 0.29) is 17.4 Å². The Labute approximate surface area is 137 Å². The molecule has 1 saturated carbocycles. The molecule has 3 atom stereocenters. The van der Waals surface area contributed by atoms with Gasteiger partial charge in [-0.1, -0.05) is 32.3 Å². The lowest BCUT2D eigenvalue weighted by Crippen LogP contribution is -2.42. The largest absolute Gasteiger partial charge is 0.492 e. The van der Waals surface area contributed by atoms with E-state index < -0.39 is 11.4 Å². The van der Waals surface area contributed by atoms with Crippen molar-refractivity contribution in [2.45, 2.75) is 58.0 Å². The Morgan fingerprint density at radius 2 is 2.13 bits per heavy atom. The van der Waals surface area contributed by atoms with Crippen molar-refractivity contribution in [1.29, 1.82) is 0 Å². The maximum Gasteiger partial charge on any atom is 0.156 e. The molecular formula is C19H27FO3. The Morgan fingerprint density at radius 1 is 1.39 bits per heavy atom. The van der Waals surface area contributed by atoms with Crippen molar-refractivity contribution in [2.75, 3.05) is 6.61 Å². The van der Waals surface area contributed by atoms with Crippen LogP contribution in [-0.2, 0) is 0 Å². The fourth-order valence-electron chi connectivity index (χ4n) is 3.87. The summed E-state index contributed by atoms with van der Waals surface area (Å²) in [6, 6.07) is 4.42. The first kappa shape index (κ1) is 17.9. The monoisotopic (exact) mass is 322 g/mol. The molecule has 0 radical (unpaired) electrons. The van der Waals surface area contributed by atoms with E-state index in [1.54, 1.807) is 12.1 Å². The van der Waals surface area contributed by atoms with Gasteiger partial charge in [0.15, 0.2) is 6.29 Å². The first-order valence-electron chi connectivity index (χ1n) is 8.58. The van der Waals surface area contributed by atoms with Gasteiger partial charge in [0.05, 0.1) is 17.8 Å². The normalized spacial score (nSPS) is 24.0. The van der Waals surface area contributed by atoms with Crippen LogP contribution in [-0.4, -0.2) is 23.6 Å². The number of halogens is 1. The Hall–Kier alpha value is -1.42. The fraction of sp³-hybridized carbons (Fsp3) is 0.632. The van der Waals surface area contributed by atoms with Crippen LogP contribution in [0.3, 0.4) is 0 Å². The Bertz CT molecular complexity index is 527. The highest BCUT2D eigenvalue weighted by Crippen LogP contribution is 2.40. The van der Waals surface area contributed by atoms with Gasteiger partial charge in [-0.3, -0.25) is 4.79 Å². The van der Waals surface area contributed by atoms with E-state index in [0.29, 0.717) is 18.6 Å². The number of ether oxygens (including phenoxy) is 1. The minimum Gasteiger partial charge on any atom is -0.492 e. The molecule has 0 bridgehead atoms. The van der Waals surface area contributed by atoms with E-state index >= 15 is 0 Å². The van der Waals surface area contributed by atoms with Gasteiger partial charge in [-0.05, 0) is 50.2 Å². The Balaban J connectivity index is 2.08. The van der Waals surface area contributed by atoms with Gasteiger partial charge in [0.1, 0.15) is 11.6 Å². The van der Waals surface area contributed by atoms with Crippen LogP contribution in [0.4, 0.5) is 4.39 Å². The molecule has 3 unspecified atom stereocenters. The van der Waals surface area contributed by atoms with Gasteiger partial charge in [-0.15, -0.1) is 0 Å². The number of rotatable bonds is 7. The zero-order valence-electron chi connectivity index (χ0n) is 14.1. The second kappa shape index (κ2) is 7.91. The molecule has 23 heavy (non-hydrogen) atoms. The Kier molecular flexibility index (Phi) is 6.17. The summed E-state index contributed by atoms with van der Waals surface area (Å²) in [6.45, 7) is 4.40. The first-order valence-corrected chi connectivity index (χ1v) is 8.58. The standard InChI is InChI=1S/C19H27FO3/c1-3-11-19(2,22)16-8-5-4-7-14(16)13-23-18-10-6-9-17(20)15(18)12-21/h6,9-10,12,14,16,22H,3-5,7-8,11,13H2,1-2H3. The van der Waals surface area contributed by atoms with Crippen LogP contribution < -0.4 is 4.74 Å². The third kappa shape index (κ3) is 4.31. The molecule has 1 fully saturated rings. The first-order chi connectivity index (χ1) is 11.0. The van der Waals surface area contributed by atoms with Crippen molar-refractivity contribution in [1.82, 2.24) is 0 Å². The van der Waals surface area contributed by atoms with Crippen LogP contribution in [0, 0.1) is 17.7 Å². The predicted molar refractivity (Wildman–Crippen MR) is 88.3 cm³/mol. The maximum absolute atomic E-state index is 13.6. The lowest BCUT2D eigenvalue weighted by molar-refractivity contribution is -0.0579. The van der Waals surface area contributed by atoms with Crippen molar-refractivity contribution in [3.63, 3.8) is 0 Å². The molecule has 0 heterocycles. The average Bonchev–Trinajstić information content (AvgIpc) is 2.53. The zero-order valence-corrected chi connectivity index (χ0v) is 14.1. The highest BCUT2D eigenvalue weighted by atomic mass is 19.1. The van der Waals surface area contributed by atoms with Crippen molar-refractivity contribution >= 4 is 6.29 Å². The van der Waals surface area contributed by atoms with Crippen LogP contribution in [0.25, 0.3) is 0 Å². The molecule has 1 aromatic carbocycles. The molecular weight excluding hydrogens is 295 g/mol. The molecule has 4 heteroatoms. The summed E-state index contributed by atoms with van der Waals surface area (Å²) in [5.74, 6) is 0.146. The van der Waals surface area contributed by atoms with Gasteiger partial charge in [0, 0.05) is 0 Å². The van der Waals surface area contributed by atoms with Crippen LogP contribution in [0.1, 0.15) is 62.7 Å². The minimum absolute atomic E-state index is 0.0276. The van der Waals surface area contributed by atoms with Gasteiger partial charge in [0.2, 0.25) is 0 Å². The molecule has 0 amide bonds. The molecule has 1 aliphatic rings. The van der Waals surface area contributed by atoms with Crippen molar-refractivity contribution in [3.8, 4) is 5.75 Å². The predicted octanol–water partition coefficient (Wildman–Crippen LogP) is 4.37. The average molecular weight is 322 g/mol. The minimum atomic E-state index is -0.696. The molecule has 0 saturated heterocycles. The van der Waals surface area contributed by atoms with E-state index in [4.69, 9.17) is 4.74 Å². The van der Waals surface area contributed by atoms with E-state index in [2.05, 4.69) is 6.92 Å². The van der Waals surface area contributed by atoms with Crippen LogP contribution in [0.5, 0.6) is 5.75 Å². The highest BCUT2D eigenvalue weighted by molar-refractivity contribution is 5.79. The number of carbonyl (C=O) groups excluding carboxylic acids is 1. The zero-order chi connectivity index (χ0) is 16.9. The van der Waals surface area contributed by atoms with Gasteiger partial charge >= 0.3 is 0 Å². The van der Waals surface area contributed by atoms with E-state index in [0.717, 1.165) is 38.5 Å².